The molecule has 0 atom stereocenters. The van der Waals surface area contributed by atoms with E-state index in [-0.39, 0.29) is 16.9 Å². The second kappa shape index (κ2) is 5.52. The maximum absolute atomic E-state index is 13.1. The molecule has 21 heavy (non-hydrogen) atoms. The van der Waals surface area contributed by atoms with Crippen LogP contribution >= 0.6 is 0 Å². The molecule has 110 valence electrons. The van der Waals surface area contributed by atoms with Gasteiger partial charge in [0.15, 0.2) is 0 Å². The number of ether oxygens (including phenoxy) is 1. The average Bonchev–Trinajstić information content (AvgIpc) is 2.40. The first-order valence-corrected chi connectivity index (χ1v) is 6.44. The summed E-state index contributed by atoms with van der Waals surface area (Å²) in [5, 5.41) is 9.07. The Labute approximate surface area is 122 Å². The molecular formula is C16H16FNO3. The van der Waals surface area contributed by atoms with Crippen molar-refractivity contribution in [2.45, 2.75) is 26.2 Å². The molecule has 1 N–H and O–H groups in total. The number of aromatic carboxylic acids is 1. The molecule has 1 aromatic carbocycles. The first-order chi connectivity index (χ1) is 9.77. The molecule has 0 bridgehead atoms. The lowest BCUT2D eigenvalue weighted by Crippen LogP contribution is -2.11. The topological polar surface area (TPSA) is 59.4 Å². The van der Waals surface area contributed by atoms with Gasteiger partial charge >= 0.3 is 5.97 Å². The number of carboxylic acid groups (broad SMARTS) is 1. The third kappa shape index (κ3) is 3.56. The summed E-state index contributed by atoms with van der Waals surface area (Å²) < 4.78 is 18.6. The van der Waals surface area contributed by atoms with E-state index in [1.165, 1.54) is 0 Å². The van der Waals surface area contributed by atoms with Gasteiger partial charge in [0.25, 0.3) is 0 Å². The number of nitrogens with zero attached hydrogens (tertiary/aromatic N) is 1. The zero-order chi connectivity index (χ0) is 15.6. The Kier molecular flexibility index (Phi) is 3.93. The highest BCUT2D eigenvalue weighted by atomic mass is 19.1. The van der Waals surface area contributed by atoms with Crippen LogP contribution in [0, 0.1) is 5.82 Å². The third-order valence-corrected chi connectivity index (χ3v) is 2.96. The smallest absolute Gasteiger partial charge is 0.341 e. The summed E-state index contributed by atoms with van der Waals surface area (Å²) in [6.45, 7) is 6.18. The quantitative estimate of drug-likeness (QED) is 0.927. The van der Waals surface area contributed by atoms with Gasteiger partial charge in [0.05, 0.1) is 6.20 Å². The SMILES string of the molecule is CC(C)(C)c1cccc(Oc2ncc(F)cc2C(=O)O)c1. The van der Waals surface area contributed by atoms with E-state index >= 15 is 0 Å². The number of pyridine rings is 1. The Morgan fingerprint density at radius 1 is 1.29 bits per heavy atom. The van der Waals surface area contributed by atoms with Crippen molar-refractivity contribution in [2.75, 3.05) is 0 Å². The lowest BCUT2D eigenvalue weighted by atomic mass is 9.87. The Hall–Kier alpha value is -2.43. The summed E-state index contributed by atoms with van der Waals surface area (Å²) in [6.07, 6.45) is 0.926. The molecule has 2 rings (SSSR count). The minimum Gasteiger partial charge on any atom is -0.477 e. The van der Waals surface area contributed by atoms with Crippen LogP contribution in [0.3, 0.4) is 0 Å². The lowest BCUT2D eigenvalue weighted by molar-refractivity contribution is 0.0692. The lowest BCUT2D eigenvalue weighted by Gasteiger charge is -2.19. The van der Waals surface area contributed by atoms with E-state index in [9.17, 15) is 9.18 Å². The van der Waals surface area contributed by atoms with Crippen molar-refractivity contribution in [2.24, 2.45) is 0 Å². The highest BCUT2D eigenvalue weighted by Gasteiger charge is 2.17. The molecule has 2 aromatic rings. The van der Waals surface area contributed by atoms with Crippen LogP contribution in [-0.2, 0) is 5.41 Å². The minimum atomic E-state index is -1.29. The van der Waals surface area contributed by atoms with Crippen LogP contribution in [0.5, 0.6) is 11.6 Å². The van der Waals surface area contributed by atoms with Gasteiger partial charge in [0.2, 0.25) is 5.88 Å². The van der Waals surface area contributed by atoms with Crippen LogP contribution in [0.2, 0.25) is 0 Å². The normalized spacial score (nSPS) is 11.2. The van der Waals surface area contributed by atoms with Crippen LogP contribution in [-0.4, -0.2) is 16.1 Å². The molecule has 1 heterocycles. The Morgan fingerprint density at radius 2 is 2.00 bits per heavy atom. The molecule has 0 amide bonds. The second-order valence-electron chi connectivity index (χ2n) is 5.69. The van der Waals surface area contributed by atoms with E-state index in [0.717, 1.165) is 17.8 Å². The summed E-state index contributed by atoms with van der Waals surface area (Å²) in [4.78, 5) is 14.8. The highest BCUT2D eigenvalue weighted by Crippen LogP contribution is 2.29. The number of hydrogen-bond acceptors (Lipinski definition) is 3. The molecule has 0 fully saturated rings. The van der Waals surface area contributed by atoms with E-state index in [4.69, 9.17) is 9.84 Å². The van der Waals surface area contributed by atoms with Gasteiger partial charge in [-0.3, -0.25) is 0 Å². The summed E-state index contributed by atoms with van der Waals surface area (Å²) in [6, 6.07) is 8.18. The average molecular weight is 289 g/mol. The summed E-state index contributed by atoms with van der Waals surface area (Å²) in [5.74, 6) is -1.67. The van der Waals surface area contributed by atoms with Gasteiger partial charge in [-0.25, -0.2) is 14.2 Å². The van der Waals surface area contributed by atoms with Crippen molar-refractivity contribution in [3.05, 3.63) is 53.5 Å². The molecule has 4 nitrogen and oxygen atoms in total. The van der Waals surface area contributed by atoms with Gasteiger partial charge in [0, 0.05) is 0 Å². The van der Waals surface area contributed by atoms with Crippen LogP contribution in [0.1, 0.15) is 36.7 Å². The molecule has 0 aliphatic heterocycles. The number of carboxylic acids is 1. The number of hydrogen-bond donors (Lipinski definition) is 1. The van der Waals surface area contributed by atoms with Crippen molar-refractivity contribution in [3.8, 4) is 11.6 Å². The van der Waals surface area contributed by atoms with E-state index in [1.54, 1.807) is 6.07 Å². The highest BCUT2D eigenvalue weighted by molar-refractivity contribution is 5.90. The zero-order valence-electron chi connectivity index (χ0n) is 12.1. The molecule has 5 heteroatoms. The van der Waals surface area contributed by atoms with Gasteiger partial charge in [-0.05, 0) is 29.2 Å². The molecule has 0 saturated carbocycles. The van der Waals surface area contributed by atoms with Crippen molar-refractivity contribution >= 4 is 5.97 Å². The largest absolute Gasteiger partial charge is 0.477 e. The van der Waals surface area contributed by atoms with Crippen molar-refractivity contribution in [1.82, 2.24) is 4.98 Å². The fourth-order valence-electron chi connectivity index (χ4n) is 1.80. The molecule has 0 aliphatic carbocycles. The van der Waals surface area contributed by atoms with Crippen LogP contribution in [0.4, 0.5) is 4.39 Å². The monoisotopic (exact) mass is 289 g/mol. The molecule has 1 aromatic heterocycles. The first-order valence-electron chi connectivity index (χ1n) is 6.44. The van der Waals surface area contributed by atoms with Gasteiger partial charge in [-0.2, -0.15) is 0 Å². The Balaban J connectivity index is 2.37. The molecule has 0 saturated heterocycles. The molecule has 0 radical (unpaired) electrons. The number of halogens is 1. The van der Waals surface area contributed by atoms with E-state index < -0.39 is 11.8 Å². The van der Waals surface area contributed by atoms with Crippen molar-refractivity contribution < 1.29 is 19.0 Å². The van der Waals surface area contributed by atoms with Crippen LogP contribution < -0.4 is 4.74 Å². The number of benzene rings is 1. The van der Waals surface area contributed by atoms with Crippen LogP contribution in [0.15, 0.2) is 36.5 Å². The van der Waals surface area contributed by atoms with E-state index in [2.05, 4.69) is 25.8 Å². The van der Waals surface area contributed by atoms with Crippen LogP contribution in [0.25, 0.3) is 0 Å². The Morgan fingerprint density at radius 3 is 2.62 bits per heavy atom. The van der Waals surface area contributed by atoms with Gasteiger partial charge < -0.3 is 9.84 Å². The first kappa shape index (κ1) is 15.0. The van der Waals surface area contributed by atoms with Crippen molar-refractivity contribution in [1.29, 1.82) is 0 Å². The number of rotatable bonds is 3. The second-order valence-corrected chi connectivity index (χ2v) is 5.69. The van der Waals surface area contributed by atoms with Crippen molar-refractivity contribution in [3.63, 3.8) is 0 Å². The van der Waals surface area contributed by atoms with Gasteiger partial charge in [-0.15, -0.1) is 0 Å². The maximum atomic E-state index is 13.1. The number of aromatic nitrogens is 1. The summed E-state index contributed by atoms with van der Waals surface area (Å²) in [7, 11) is 0. The third-order valence-electron chi connectivity index (χ3n) is 2.96. The summed E-state index contributed by atoms with van der Waals surface area (Å²) >= 11 is 0. The minimum absolute atomic E-state index is 0.0643. The molecule has 0 aliphatic rings. The fraction of sp³-hybridized carbons (Fsp3) is 0.250. The molecular weight excluding hydrogens is 273 g/mol. The predicted octanol–water partition coefficient (Wildman–Crippen LogP) is 4.01. The fourth-order valence-corrected chi connectivity index (χ4v) is 1.80. The number of carbonyl (C=O) groups is 1. The van der Waals surface area contributed by atoms with Gasteiger partial charge in [-0.1, -0.05) is 32.9 Å². The summed E-state index contributed by atoms with van der Waals surface area (Å²) in [5.41, 5.74) is 0.667. The van der Waals surface area contributed by atoms with E-state index in [1.807, 2.05) is 18.2 Å². The van der Waals surface area contributed by atoms with Gasteiger partial charge in [0.1, 0.15) is 17.1 Å². The maximum Gasteiger partial charge on any atom is 0.341 e. The zero-order valence-corrected chi connectivity index (χ0v) is 12.1. The van der Waals surface area contributed by atoms with E-state index in [0.29, 0.717) is 5.75 Å². The predicted molar refractivity (Wildman–Crippen MR) is 76.4 cm³/mol. The Bertz CT molecular complexity index is 677. The molecule has 0 unspecified atom stereocenters. The standard InChI is InChI=1S/C16H16FNO3/c1-16(2,3)10-5-4-6-12(7-10)21-14-13(15(19)20)8-11(17)9-18-14/h4-9H,1-3H3,(H,19,20). The molecule has 0 spiro atoms.